The Morgan fingerprint density at radius 3 is 1.24 bits per heavy atom. The minimum absolute atomic E-state index is 0.225. The number of fused-ring (bicyclic) bond motifs is 20. The van der Waals surface area contributed by atoms with Crippen LogP contribution < -0.4 is 0 Å². The lowest BCUT2D eigenvalue weighted by molar-refractivity contribution is 1.01. The minimum atomic E-state index is 0.225. The highest BCUT2D eigenvalue weighted by Crippen LogP contribution is 2.56. The molecule has 0 amide bonds. The van der Waals surface area contributed by atoms with E-state index in [1.807, 2.05) is 0 Å². The lowest BCUT2D eigenvalue weighted by atomic mass is 9.86. The van der Waals surface area contributed by atoms with Crippen LogP contribution in [0.3, 0.4) is 0 Å². The van der Waals surface area contributed by atoms with E-state index in [-0.39, 0.29) is 11.8 Å². The molecule has 0 aromatic heterocycles. The molecule has 0 heteroatoms. The molecule has 0 aliphatic heterocycles. The Bertz CT molecular complexity index is 4870. The summed E-state index contributed by atoms with van der Waals surface area (Å²) in [6.45, 7) is 0. The molecule has 2 unspecified atom stereocenters. The van der Waals surface area contributed by atoms with Crippen molar-refractivity contribution in [1.29, 1.82) is 0 Å². The van der Waals surface area contributed by atoms with Crippen LogP contribution >= 0.6 is 0 Å². The Morgan fingerprint density at radius 2 is 0.622 bits per heavy atom. The SMILES string of the molecule is c1ccc(-c2cccc(C3c4ccc(-c5ccccc5)cc4-c4c3ccc3c4Cc4ccccc4-3)c2)cc1.c1ccc2c(c1)Cc1c-2ccc2c1-c1ccccc1C2c1ccc(-c2ccc3c4ccccc4c4ccccc4c3c2)cc1. The predicted molar refractivity (Wildman–Crippen MR) is 344 cm³/mol. The van der Waals surface area contributed by atoms with Gasteiger partial charge in [0.2, 0.25) is 0 Å². The second-order valence-electron chi connectivity index (χ2n) is 22.9. The average Bonchev–Trinajstić information content (AvgIpc) is 3.43. The zero-order valence-electron chi connectivity index (χ0n) is 45.3. The van der Waals surface area contributed by atoms with E-state index >= 15 is 0 Å². The first-order chi connectivity index (χ1) is 40.7. The summed E-state index contributed by atoms with van der Waals surface area (Å²) in [6.07, 6.45) is 2.01. The zero-order chi connectivity index (χ0) is 53.8. The van der Waals surface area contributed by atoms with Gasteiger partial charge in [0.05, 0.1) is 0 Å². The summed E-state index contributed by atoms with van der Waals surface area (Å²) in [5, 5.41) is 7.89. The molecule has 2 atom stereocenters. The topological polar surface area (TPSA) is 0 Å². The molecule has 14 aromatic carbocycles. The van der Waals surface area contributed by atoms with E-state index in [2.05, 4.69) is 291 Å². The number of hydrogen-bond donors (Lipinski definition) is 0. The summed E-state index contributed by atoms with van der Waals surface area (Å²) in [5.41, 5.74) is 33.1. The van der Waals surface area contributed by atoms with E-state index in [1.54, 1.807) is 0 Å². The van der Waals surface area contributed by atoms with Gasteiger partial charge >= 0.3 is 0 Å². The van der Waals surface area contributed by atoms with E-state index in [9.17, 15) is 0 Å². The zero-order valence-corrected chi connectivity index (χ0v) is 45.3. The van der Waals surface area contributed by atoms with Gasteiger partial charge in [-0.2, -0.15) is 0 Å². The molecular formula is C82H54. The van der Waals surface area contributed by atoms with Gasteiger partial charge in [0.15, 0.2) is 0 Å². The van der Waals surface area contributed by atoms with Crippen LogP contribution in [0, 0.1) is 0 Å². The lowest BCUT2D eigenvalue weighted by Crippen LogP contribution is -2.00. The van der Waals surface area contributed by atoms with Gasteiger partial charge in [-0.1, -0.05) is 279 Å². The third-order valence-electron chi connectivity index (χ3n) is 18.6. The summed E-state index contributed by atoms with van der Waals surface area (Å²) >= 11 is 0. The van der Waals surface area contributed by atoms with Gasteiger partial charge < -0.3 is 0 Å². The second-order valence-corrected chi connectivity index (χ2v) is 22.9. The van der Waals surface area contributed by atoms with Crippen molar-refractivity contribution in [3.05, 3.63) is 347 Å². The highest BCUT2D eigenvalue weighted by atomic mass is 14.4. The highest BCUT2D eigenvalue weighted by Gasteiger charge is 2.37. The molecular weight excluding hydrogens is 985 g/mol. The van der Waals surface area contributed by atoms with Gasteiger partial charge in [-0.05, 0) is 191 Å². The van der Waals surface area contributed by atoms with Crippen LogP contribution in [0.4, 0.5) is 0 Å². The molecule has 4 aliphatic carbocycles. The summed E-state index contributed by atoms with van der Waals surface area (Å²) in [6, 6.07) is 108. The molecule has 14 aromatic rings. The summed E-state index contributed by atoms with van der Waals surface area (Å²) in [4.78, 5) is 0. The van der Waals surface area contributed by atoms with Crippen molar-refractivity contribution in [2.24, 2.45) is 0 Å². The Kier molecular flexibility index (Phi) is 10.7. The molecule has 0 nitrogen and oxygen atoms in total. The quantitative estimate of drug-likeness (QED) is 0.151. The molecule has 82 heavy (non-hydrogen) atoms. The van der Waals surface area contributed by atoms with Crippen molar-refractivity contribution in [2.75, 3.05) is 0 Å². The van der Waals surface area contributed by atoms with Gasteiger partial charge in [-0.25, -0.2) is 0 Å². The van der Waals surface area contributed by atoms with Gasteiger partial charge in [-0.15, -0.1) is 0 Å². The Labute approximate surface area is 478 Å². The second kappa shape index (κ2) is 18.7. The maximum Gasteiger partial charge on any atom is 0.0352 e. The Hall–Kier alpha value is -10.1. The average molecular weight is 1040 g/mol. The van der Waals surface area contributed by atoms with Gasteiger partial charge in [-0.3, -0.25) is 0 Å². The smallest absolute Gasteiger partial charge is 0.0352 e. The van der Waals surface area contributed by atoms with E-state index in [1.165, 1.54) is 166 Å². The molecule has 0 radical (unpaired) electrons. The summed E-state index contributed by atoms with van der Waals surface area (Å²) < 4.78 is 0. The van der Waals surface area contributed by atoms with Gasteiger partial charge in [0, 0.05) is 11.8 Å². The Morgan fingerprint density at radius 1 is 0.207 bits per heavy atom. The molecule has 0 bridgehead atoms. The molecule has 0 saturated carbocycles. The molecule has 0 spiro atoms. The van der Waals surface area contributed by atoms with Crippen LogP contribution in [0.5, 0.6) is 0 Å². The van der Waals surface area contributed by atoms with Crippen molar-refractivity contribution in [2.45, 2.75) is 24.7 Å². The van der Waals surface area contributed by atoms with E-state index in [0.29, 0.717) is 0 Å². The Balaban J connectivity index is 0.000000132. The summed E-state index contributed by atoms with van der Waals surface area (Å²) in [7, 11) is 0. The molecule has 0 heterocycles. The van der Waals surface area contributed by atoms with Crippen LogP contribution in [0.1, 0.15) is 67.5 Å². The maximum absolute atomic E-state index is 2.44. The number of hydrogen-bond acceptors (Lipinski definition) is 0. The van der Waals surface area contributed by atoms with E-state index in [0.717, 1.165) is 12.8 Å². The molecule has 4 aliphatic rings. The van der Waals surface area contributed by atoms with Crippen LogP contribution in [0.2, 0.25) is 0 Å². The minimum Gasteiger partial charge on any atom is -0.0622 e. The third kappa shape index (κ3) is 7.31. The van der Waals surface area contributed by atoms with Crippen molar-refractivity contribution >= 4 is 32.3 Å². The van der Waals surface area contributed by atoms with Crippen molar-refractivity contribution in [3.8, 4) is 77.9 Å². The highest BCUT2D eigenvalue weighted by molar-refractivity contribution is 6.25. The van der Waals surface area contributed by atoms with Crippen LogP contribution in [-0.4, -0.2) is 0 Å². The first-order valence-corrected chi connectivity index (χ1v) is 29.0. The lowest BCUT2D eigenvalue weighted by Gasteiger charge is -2.17. The predicted octanol–water partition coefficient (Wildman–Crippen LogP) is 21.3. The van der Waals surface area contributed by atoms with Crippen molar-refractivity contribution in [1.82, 2.24) is 0 Å². The van der Waals surface area contributed by atoms with Crippen molar-refractivity contribution in [3.63, 3.8) is 0 Å². The van der Waals surface area contributed by atoms with Crippen molar-refractivity contribution < 1.29 is 0 Å². The largest absolute Gasteiger partial charge is 0.0622 e. The molecule has 18 rings (SSSR count). The molecule has 0 saturated heterocycles. The number of benzene rings is 14. The first-order valence-electron chi connectivity index (χ1n) is 29.0. The first kappa shape index (κ1) is 46.7. The van der Waals surface area contributed by atoms with E-state index < -0.39 is 0 Å². The molecule has 0 fully saturated rings. The van der Waals surface area contributed by atoms with Crippen LogP contribution in [0.25, 0.3) is 110 Å². The fraction of sp³-hybridized carbons (Fsp3) is 0.0488. The fourth-order valence-corrected chi connectivity index (χ4v) is 14.9. The summed E-state index contributed by atoms with van der Waals surface area (Å²) in [5.74, 6) is 0.471. The van der Waals surface area contributed by atoms with Gasteiger partial charge in [0.25, 0.3) is 0 Å². The maximum atomic E-state index is 2.44. The number of rotatable bonds is 5. The van der Waals surface area contributed by atoms with Crippen LogP contribution in [0.15, 0.2) is 291 Å². The van der Waals surface area contributed by atoms with Gasteiger partial charge in [0.1, 0.15) is 0 Å². The standard InChI is InChI=1S/C44H28.C38H26/c1-2-10-31-30(9-1)26-42-36(31)23-24-40-43(38-15-7-8-16-39(38)44(40)42)28-19-17-27(18-20-28)29-21-22-37-34-13-4-3-11-32(34)33-12-5-6-14-35(33)41(37)25-29;1-3-10-25(11-4-1)27-15-9-16-30(22-27)37-33-19-18-28(26-12-5-2-6-13-26)23-36(33)38-34(37)21-20-32-31-17-8-7-14-29(31)24-35(32)38/h1-25,43H,26H2;1-23,37H,24H2. The van der Waals surface area contributed by atoms with E-state index in [4.69, 9.17) is 0 Å². The van der Waals surface area contributed by atoms with Crippen LogP contribution in [-0.2, 0) is 12.8 Å². The third-order valence-corrected chi connectivity index (χ3v) is 18.6. The normalized spacial score (nSPS) is 14.5. The molecule has 0 N–H and O–H groups in total. The molecule has 382 valence electrons. The monoisotopic (exact) mass is 1040 g/mol. The fourth-order valence-electron chi connectivity index (χ4n) is 14.9.